The molecule has 0 fully saturated rings. The van der Waals surface area contributed by atoms with Crippen LogP contribution in [0, 0.1) is 5.92 Å². The van der Waals surface area contributed by atoms with E-state index in [1.807, 2.05) is 0 Å². The molecule has 0 amide bonds. The number of ketones is 1. The summed E-state index contributed by atoms with van der Waals surface area (Å²) in [5.74, 6) is -0.275. The van der Waals surface area contributed by atoms with E-state index < -0.39 is 4.33 Å². The van der Waals surface area contributed by atoms with Gasteiger partial charge in [-0.15, -0.1) is 35.6 Å². The largest absolute Gasteiger partial charge is 0.300 e. The molecule has 0 aromatic carbocycles. The van der Waals surface area contributed by atoms with Crippen molar-refractivity contribution in [3.63, 3.8) is 0 Å². The van der Waals surface area contributed by atoms with Crippen molar-refractivity contribution in [2.45, 2.75) is 25.1 Å². The zero-order valence-electron chi connectivity index (χ0n) is 6.15. The number of hydrogen-bond donors (Lipinski definition) is 0. The first-order valence-corrected chi connectivity index (χ1v) is 3.49. The van der Waals surface area contributed by atoms with Crippen molar-refractivity contribution >= 4 is 41.4 Å². The van der Waals surface area contributed by atoms with Gasteiger partial charge >= 0.3 is 0 Å². The van der Waals surface area contributed by atoms with Crippen molar-refractivity contribution in [1.82, 2.24) is 0 Å². The van der Waals surface area contributed by atoms with Gasteiger partial charge in [-0.05, 0) is 13.8 Å². The maximum Gasteiger partial charge on any atom is 0.135 e. The lowest BCUT2D eigenvalue weighted by molar-refractivity contribution is -0.120. The summed E-state index contributed by atoms with van der Waals surface area (Å²) in [6.45, 7) is 4.80. The summed E-state index contributed by atoms with van der Waals surface area (Å²) in [5.41, 5.74) is 0. The maximum absolute atomic E-state index is 10.6. The molecule has 4 heteroatoms. The zero-order valence-corrected chi connectivity index (χ0v) is 8.48. The third-order valence-electron chi connectivity index (χ3n) is 1.37. The lowest BCUT2D eigenvalue weighted by Crippen LogP contribution is -2.24. The SMILES string of the molecule is CC(=O)C(C)C(C)(Cl)Cl.Cl. The summed E-state index contributed by atoms with van der Waals surface area (Å²) in [7, 11) is 0. The van der Waals surface area contributed by atoms with Crippen LogP contribution in [0.4, 0.5) is 0 Å². The molecule has 0 N–H and O–H groups in total. The van der Waals surface area contributed by atoms with E-state index in [1.54, 1.807) is 13.8 Å². The van der Waals surface area contributed by atoms with Crippen molar-refractivity contribution in [2.75, 3.05) is 0 Å². The summed E-state index contributed by atoms with van der Waals surface area (Å²) in [6.07, 6.45) is 0. The van der Waals surface area contributed by atoms with Crippen molar-refractivity contribution in [3.05, 3.63) is 0 Å². The summed E-state index contributed by atoms with van der Waals surface area (Å²) in [4.78, 5) is 10.6. The highest BCUT2D eigenvalue weighted by Crippen LogP contribution is 2.29. The van der Waals surface area contributed by atoms with Gasteiger partial charge in [-0.25, -0.2) is 0 Å². The number of carbonyl (C=O) groups excluding carboxylic acids is 1. The minimum absolute atomic E-state index is 0. The molecule has 0 aromatic rings. The van der Waals surface area contributed by atoms with E-state index in [1.165, 1.54) is 6.92 Å². The van der Waals surface area contributed by atoms with Gasteiger partial charge in [0.15, 0.2) is 0 Å². The van der Waals surface area contributed by atoms with Crippen LogP contribution in [0.15, 0.2) is 0 Å². The quantitative estimate of drug-likeness (QED) is 0.634. The average Bonchev–Trinajstić information content (AvgIpc) is 1.62. The fourth-order valence-corrected chi connectivity index (χ4v) is 0.664. The minimum atomic E-state index is -0.925. The Balaban J connectivity index is 0. The number of hydrogen-bond acceptors (Lipinski definition) is 1. The third kappa shape index (κ3) is 4.37. The molecular weight excluding hydrogens is 194 g/mol. The van der Waals surface area contributed by atoms with E-state index in [-0.39, 0.29) is 24.1 Å². The topological polar surface area (TPSA) is 17.1 Å². The number of alkyl halides is 2. The molecule has 0 aromatic heterocycles. The molecule has 0 spiro atoms. The van der Waals surface area contributed by atoms with Gasteiger partial charge in [0, 0.05) is 5.92 Å². The summed E-state index contributed by atoms with van der Waals surface area (Å²) in [5, 5.41) is 0. The van der Waals surface area contributed by atoms with Gasteiger partial charge in [0.2, 0.25) is 0 Å². The predicted molar refractivity (Wildman–Crippen MR) is 47.2 cm³/mol. The monoisotopic (exact) mass is 204 g/mol. The highest BCUT2D eigenvalue weighted by atomic mass is 35.5. The second-order valence-electron chi connectivity index (χ2n) is 2.29. The molecule has 0 saturated carbocycles. The molecule has 0 saturated heterocycles. The molecule has 0 heterocycles. The van der Waals surface area contributed by atoms with E-state index in [2.05, 4.69) is 0 Å². The van der Waals surface area contributed by atoms with Gasteiger partial charge in [-0.2, -0.15) is 0 Å². The maximum atomic E-state index is 10.6. The number of rotatable bonds is 2. The second-order valence-corrected chi connectivity index (χ2v) is 4.05. The van der Waals surface area contributed by atoms with Crippen molar-refractivity contribution in [3.8, 4) is 0 Å². The normalized spacial score (nSPS) is 13.7. The average molecular weight is 206 g/mol. The molecule has 62 valence electrons. The standard InChI is InChI=1S/C6H10Cl2O.ClH/c1-4(5(2)9)6(3,7)8;/h4H,1-3H3;1H. The molecule has 1 unspecified atom stereocenters. The Morgan fingerprint density at radius 3 is 1.80 bits per heavy atom. The predicted octanol–water partition coefficient (Wildman–Crippen LogP) is 2.83. The van der Waals surface area contributed by atoms with Crippen LogP contribution in [-0.2, 0) is 4.79 Å². The first-order chi connectivity index (χ1) is 3.85. The van der Waals surface area contributed by atoms with Gasteiger partial charge in [-0.3, -0.25) is 4.79 Å². The van der Waals surface area contributed by atoms with Crippen LogP contribution < -0.4 is 0 Å². The number of halogens is 3. The van der Waals surface area contributed by atoms with Crippen molar-refractivity contribution in [2.24, 2.45) is 5.92 Å². The molecular formula is C6H11Cl3O. The van der Waals surface area contributed by atoms with Gasteiger partial charge in [-0.1, -0.05) is 6.92 Å². The van der Waals surface area contributed by atoms with Gasteiger partial charge in [0.25, 0.3) is 0 Å². The van der Waals surface area contributed by atoms with E-state index in [0.717, 1.165) is 0 Å². The highest BCUT2D eigenvalue weighted by Gasteiger charge is 2.28. The molecule has 0 aliphatic carbocycles. The Hall–Kier alpha value is 0.540. The minimum Gasteiger partial charge on any atom is -0.300 e. The summed E-state index contributed by atoms with van der Waals surface area (Å²) >= 11 is 11.2. The first kappa shape index (κ1) is 13.2. The molecule has 0 bridgehead atoms. The fourth-order valence-electron chi connectivity index (χ4n) is 0.357. The Bertz CT molecular complexity index is 117. The van der Waals surface area contributed by atoms with Crippen LogP contribution in [0.5, 0.6) is 0 Å². The van der Waals surface area contributed by atoms with Crippen LogP contribution in [0.25, 0.3) is 0 Å². The summed E-state index contributed by atoms with van der Waals surface area (Å²) in [6, 6.07) is 0. The highest BCUT2D eigenvalue weighted by molar-refractivity contribution is 6.49. The van der Waals surface area contributed by atoms with Gasteiger partial charge in [0.05, 0.1) is 0 Å². The van der Waals surface area contributed by atoms with E-state index >= 15 is 0 Å². The van der Waals surface area contributed by atoms with Crippen molar-refractivity contribution in [1.29, 1.82) is 0 Å². The number of Topliss-reactive ketones (excluding diaryl/α,β-unsaturated/α-hetero) is 1. The molecule has 0 radical (unpaired) electrons. The smallest absolute Gasteiger partial charge is 0.135 e. The van der Waals surface area contributed by atoms with Gasteiger partial charge < -0.3 is 0 Å². The molecule has 0 aliphatic heterocycles. The third-order valence-corrected chi connectivity index (χ3v) is 2.02. The van der Waals surface area contributed by atoms with Crippen LogP contribution in [-0.4, -0.2) is 10.1 Å². The molecule has 0 rings (SSSR count). The van der Waals surface area contributed by atoms with Crippen molar-refractivity contribution < 1.29 is 4.79 Å². The van der Waals surface area contributed by atoms with Gasteiger partial charge in [0.1, 0.15) is 10.1 Å². The zero-order chi connectivity index (χ0) is 7.65. The summed E-state index contributed by atoms with van der Waals surface area (Å²) < 4.78 is -0.925. The molecule has 1 atom stereocenters. The van der Waals surface area contributed by atoms with Crippen LogP contribution >= 0.6 is 35.6 Å². The number of carbonyl (C=O) groups is 1. The fraction of sp³-hybridized carbons (Fsp3) is 0.833. The Labute approximate surface area is 77.5 Å². The van der Waals surface area contributed by atoms with Crippen LogP contribution in [0.3, 0.4) is 0 Å². The lowest BCUT2D eigenvalue weighted by atomic mass is 10.0. The Morgan fingerprint density at radius 2 is 1.80 bits per heavy atom. The van der Waals surface area contributed by atoms with Crippen LogP contribution in [0.1, 0.15) is 20.8 Å². The second kappa shape index (κ2) is 4.42. The first-order valence-electron chi connectivity index (χ1n) is 2.74. The van der Waals surface area contributed by atoms with E-state index in [4.69, 9.17) is 23.2 Å². The molecule has 1 nitrogen and oxygen atoms in total. The Kier molecular flexibility index (Phi) is 5.82. The molecule has 0 aliphatic rings. The van der Waals surface area contributed by atoms with E-state index in [9.17, 15) is 4.79 Å². The van der Waals surface area contributed by atoms with Crippen LogP contribution in [0.2, 0.25) is 0 Å². The molecule has 10 heavy (non-hydrogen) atoms. The lowest BCUT2D eigenvalue weighted by Gasteiger charge is -2.18. The Morgan fingerprint density at radius 1 is 1.50 bits per heavy atom. The van der Waals surface area contributed by atoms with E-state index in [0.29, 0.717) is 0 Å².